The Morgan fingerprint density at radius 3 is 2.89 bits per heavy atom. The lowest BCUT2D eigenvalue weighted by Crippen LogP contribution is -2.11. The number of carbonyl (C=O) groups is 1. The van der Waals surface area contributed by atoms with Crippen molar-refractivity contribution in [2.24, 2.45) is 0 Å². The normalized spacial score (nSPS) is 11.1. The van der Waals surface area contributed by atoms with E-state index < -0.39 is 0 Å². The molecule has 1 aromatic carbocycles. The van der Waals surface area contributed by atoms with Crippen LogP contribution < -0.4 is 10.1 Å². The third-order valence-corrected chi connectivity index (χ3v) is 4.95. The van der Waals surface area contributed by atoms with Gasteiger partial charge in [0.2, 0.25) is 0 Å². The van der Waals surface area contributed by atoms with Crippen molar-refractivity contribution in [2.75, 3.05) is 11.9 Å². The lowest BCUT2D eigenvalue weighted by molar-refractivity contribution is 0.102. The SMILES string of the molecule is CCOc1ccc2cc(C(=O)Nc3nc(-c4cc(C)oc4C)cs3)[nH]c2c1. The molecule has 0 saturated carbocycles. The van der Waals surface area contributed by atoms with Gasteiger partial charge in [0, 0.05) is 27.9 Å². The number of fused-ring (bicyclic) bond motifs is 1. The summed E-state index contributed by atoms with van der Waals surface area (Å²) in [4.78, 5) is 20.2. The zero-order valence-electron chi connectivity index (χ0n) is 15.3. The van der Waals surface area contributed by atoms with Crippen molar-refractivity contribution in [1.29, 1.82) is 0 Å². The van der Waals surface area contributed by atoms with Gasteiger partial charge in [0.25, 0.3) is 5.91 Å². The Bertz CT molecular complexity index is 1120. The van der Waals surface area contributed by atoms with Gasteiger partial charge in [-0.15, -0.1) is 11.3 Å². The lowest BCUT2D eigenvalue weighted by Gasteiger charge is -2.01. The minimum Gasteiger partial charge on any atom is -0.494 e. The fraction of sp³-hybridized carbons (Fsp3) is 0.200. The largest absolute Gasteiger partial charge is 0.494 e. The summed E-state index contributed by atoms with van der Waals surface area (Å²) in [6.07, 6.45) is 0. The van der Waals surface area contributed by atoms with Crippen LogP contribution in [0.15, 0.2) is 40.1 Å². The molecule has 4 rings (SSSR count). The molecule has 7 heteroatoms. The smallest absolute Gasteiger partial charge is 0.273 e. The molecule has 4 aromatic rings. The van der Waals surface area contributed by atoms with Crippen LogP contribution in [-0.2, 0) is 0 Å². The number of benzene rings is 1. The first-order chi connectivity index (χ1) is 13.0. The Hall–Kier alpha value is -3.06. The van der Waals surface area contributed by atoms with Crippen LogP contribution in [0.2, 0.25) is 0 Å². The number of carbonyl (C=O) groups excluding carboxylic acids is 1. The lowest BCUT2D eigenvalue weighted by atomic mass is 10.2. The molecule has 6 nitrogen and oxygen atoms in total. The molecule has 0 aliphatic heterocycles. The van der Waals surface area contributed by atoms with Crippen molar-refractivity contribution in [3.63, 3.8) is 0 Å². The number of hydrogen-bond acceptors (Lipinski definition) is 5. The third kappa shape index (κ3) is 3.46. The number of anilines is 1. The number of ether oxygens (including phenoxy) is 1. The Kier molecular flexibility index (Phi) is 4.45. The monoisotopic (exact) mass is 381 g/mol. The van der Waals surface area contributed by atoms with E-state index in [1.165, 1.54) is 11.3 Å². The number of aromatic nitrogens is 2. The zero-order chi connectivity index (χ0) is 19.0. The number of hydrogen-bond donors (Lipinski definition) is 2. The van der Waals surface area contributed by atoms with Crippen LogP contribution in [0.3, 0.4) is 0 Å². The van der Waals surface area contributed by atoms with Gasteiger partial charge >= 0.3 is 0 Å². The molecule has 0 spiro atoms. The number of nitrogens with zero attached hydrogens (tertiary/aromatic N) is 1. The molecule has 1 amide bonds. The van der Waals surface area contributed by atoms with Gasteiger partial charge in [0.1, 0.15) is 23.0 Å². The Morgan fingerprint density at radius 2 is 2.15 bits per heavy atom. The molecule has 0 aliphatic carbocycles. The highest BCUT2D eigenvalue weighted by Gasteiger charge is 2.15. The van der Waals surface area contributed by atoms with Crippen LogP contribution in [0.25, 0.3) is 22.2 Å². The van der Waals surface area contributed by atoms with Crippen molar-refractivity contribution in [3.05, 3.63) is 52.9 Å². The molecule has 138 valence electrons. The minimum absolute atomic E-state index is 0.231. The number of aromatic amines is 1. The van der Waals surface area contributed by atoms with Crippen LogP contribution in [0, 0.1) is 13.8 Å². The maximum Gasteiger partial charge on any atom is 0.273 e. The number of amides is 1. The highest BCUT2D eigenvalue weighted by Crippen LogP contribution is 2.30. The van der Waals surface area contributed by atoms with Crippen molar-refractivity contribution < 1.29 is 13.9 Å². The van der Waals surface area contributed by atoms with E-state index in [1.54, 1.807) is 0 Å². The molecule has 0 unspecified atom stereocenters. The van der Waals surface area contributed by atoms with E-state index in [0.717, 1.165) is 39.4 Å². The van der Waals surface area contributed by atoms with Gasteiger partial charge in [-0.3, -0.25) is 10.1 Å². The van der Waals surface area contributed by atoms with E-state index >= 15 is 0 Å². The second-order valence-corrected chi connectivity index (χ2v) is 7.04. The zero-order valence-corrected chi connectivity index (χ0v) is 16.1. The number of furan rings is 1. The number of aryl methyl sites for hydroxylation is 2. The van der Waals surface area contributed by atoms with Crippen molar-refractivity contribution in [3.8, 4) is 17.0 Å². The van der Waals surface area contributed by atoms with Gasteiger partial charge in [-0.1, -0.05) is 0 Å². The number of nitrogens with one attached hydrogen (secondary N) is 2. The van der Waals surface area contributed by atoms with Gasteiger partial charge < -0.3 is 14.1 Å². The summed E-state index contributed by atoms with van der Waals surface area (Å²) in [5.41, 5.74) is 3.07. The predicted molar refractivity (Wildman–Crippen MR) is 107 cm³/mol. The van der Waals surface area contributed by atoms with Crippen LogP contribution in [-0.4, -0.2) is 22.5 Å². The van der Waals surface area contributed by atoms with Crippen LogP contribution >= 0.6 is 11.3 Å². The third-order valence-electron chi connectivity index (χ3n) is 4.19. The van der Waals surface area contributed by atoms with E-state index in [4.69, 9.17) is 9.15 Å². The molecular weight excluding hydrogens is 362 g/mol. The molecule has 3 aromatic heterocycles. The van der Waals surface area contributed by atoms with Gasteiger partial charge in [-0.05, 0) is 45.0 Å². The number of thiazole rings is 1. The quantitative estimate of drug-likeness (QED) is 0.501. The average molecular weight is 381 g/mol. The first kappa shape index (κ1) is 17.4. The van der Waals surface area contributed by atoms with Crippen LogP contribution in [0.5, 0.6) is 5.75 Å². The number of rotatable bonds is 5. The fourth-order valence-corrected chi connectivity index (χ4v) is 3.69. The molecule has 0 saturated heterocycles. The van der Waals surface area contributed by atoms with E-state index in [2.05, 4.69) is 15.3 Å². The Labute approximate surface area is 160 Å². The predicted octanol–water partition coefficient (Wildman–Crippen LogP) is 5.15. The maximum absolute atomic E-state index is 12.6. The summed E-state index contributed by atoms with van der Waals surface area (Å²) in [5.74, 6) is 2.20. The second-order valence-electron chi connectivity index (χ2n) is 6.18. The van der Waals surface area contributed by atoms with E-state index in [0.29, 0.717) is 17.4 Å². The molecule has 0 atom stereocenters. The van der Waals surface area contributed by atoms with E-state index in [9.17, 15) is 4.79 Å². The van der Waals surface area contributed by atoms with Crippen molar-refractivity contribution >= 4 is 33.3 Å². The molecule has 0 radical (unpaired) electrons. The average Bonchev–Trinajstić information content (AvgIpc) is 3.33. The Morgan fingerprint density at radius 1 is 1.30 bits per heavy atom. The maximum atomic E-state index is 12.6. The molecule has 0 aliphatic rings. The van der Waals surface area contributed by atoms with Crippen molar-refractivity contribution in [1.82, 2.24) is 9.97 Å². The highest BCUT2D eigenvalue weighted by molar-refractivity contribution is 7.14. The molecule has 0 bridgehead atoms. The van der Waals surface area contributed by atoms with E-state index in [1.807, 2.05) is 56.5 Å². The summed E-state index contributed by atoms with van der Waals surface area (Å²) in [7, 11) is 0. The molecule has 0 fully saturated rings. The molecule has 27 heavy (non-hydrogen) atoms. The fourth-order valence-electron chi connectivity index (χ4n) is 2.99. The molecule has 3 heterocycles. The second kappa shape index (κ2) is 6.92. The summed E-state index contributed by atoms with van der Waals surface area (Å²) in [6.45, 7) is 6.34. The van der Waals surface area contributed by atoms with Crippen LogP contribution in [0.1, 0.15) is 28.9 Å². The molecule has 2 N–H and O–H groups in total. The highest BCUT2D eigenvalue weighted by atomic mass is 32.1. The Balaban J connectivity index is 1.54. The number of H-pyrrole nitrogens is 1. The van der Waals surface area contributed by atoms with Gasteiger partial charge in [0.15, 0.2) is 5.13 Å². The van der Waals surface area contributed by atoms with E-state index in [-0.39, 0.29) is 5.91 Å². The van der Waals surface area contributed by atoms with Crippen molar-refractivity contribution in [2.45, 2.75) is 20.8 Å². The van der Waals surface area contributed by atoms with Gasteiger partial charge in [-0.25, -0.2) is 4.98 Å². The minimum atomic E-state index is -0.231. The molecular formula is C20H19N3O3S. The standard InChI is InChI=1S/C20H19N3O3S/c1-4-25-14-6-5-13-8-17(21-16(13)9-14)19(24)23-20-22-18(10-27-20)15-7-11(2)26-12(15)3/h5-10,21H,4H2,1-3H3,(H,22,23,24). The topological polar surface area (TPSA) is 80.2 Å². The van der Waals surface area contributed by atoms with Gasteiger partial charge in [-0.2, -0.15) is 0 Å². The summed E-state index contributed by atoms with van der Waals surface area (Å²) >= 11 is 1.38. The first-order valence-corrected chi connectivity index (χ1v) is 9.51. The van der Waals surface area contributed by atoms with Gasteiger partial charge in [0.05, 0.1) is 12.3 Å². The van der Waals surface area contributed by atoms with Crippen LogP contribution in [0.4, 0.5) is 5.13 Å². The summed E-state index contributed by atoms with van der Waals surface area (Å²) in [6, 6.07) is 9.48. The summed E-state index contributed by atoms with van der Waals surface area (Å²) in [5, 5.41) is 6.26. The first-order valence-electron chi connectivity index (χ1n) is 8.63. The summed E-state index contributed by atoms with van der Waals surface area (Å²) < 4.78 is 11.1.